The van der Waals surface area contributed by atoms with Crippen molar-refractivity contribution in [3.05, 3.63) is 42.0 Å². The fourth-order valence-electron chi connectivity index (χ4n) is 1.51. The standard InChI is InChI=1S/C11H10N2O2/c1-7-5-9(10(13-7)11(14)15)8-3-2-4-12-6-8/h2-6,13H,1H3,(H,14,15). The number of pyridine rings is 1. The molecule has 2 aromatic rings. The van der Waals surface area contributed by atoms with Crippen LogP contribution < -0.4 is 0 Å². The maximum absolute atomic E-state index is 11.0. The van der Waals surface area contributed by atoms with E-state index >= 15 is 0 Å². The van der Waals surface area contributed by atoms with Gasteiger partial charge in [0.05, 0.1) is 0 Å². The number of aryl methyl sites for hydroxylation is 1. The van der Waals surface area contributed by atoms with E-state index in [0.29, 0.717) is 5.56 Å². The minimum atomic E-state index is -0.957. The molecular formula is C11H10N2O2. The minimum absolute atomic E-state index is 0.209. The molecule has 2 heterocycles. The van der Waals surface area contributed by atoms with Crippen LogP contribution in [0.3, 0.4) is 0 Å². The first-order valence-electron chi connectivity index (χ1n) is 4.52. The number of rotatable bonds is 2. The normalized spacial score (nSPS) is 10.2. The molecule has 15 heavy (non-hydrogen) atoms. The van der Waals surface area contributed by atoms with E-state index in [1.54, 1.807) is 24.5 Å². The second-order valence-corrected chi connectivity index (χ2v) is 3.29. The second-order valence-electron chi connectivity index (χ2n) is 3.29. The molecule has 0 unspecified atom stereocenters. The Kier molecular flexibility index (Phi) is 2.25. The van der Waals surface area contributed by atoms with Gasteiger partial charge < -0.3 is 10.1 Å². The van der Waals surface area contributed by atoms with Gasteiger partial charge in [-0.2, -0.15) is 0 Å². The first-order chi connectivity index (χ1) is 7.18. The molecule has 4 heteroatoms. The lowest BCUT2D eigenvalue weighted by Crippen LogP contribution is -1.98. The summed E-state index contributed by atoms with van der Waals surface area (Å²) in [6, 6.07) is 5.42. The molecule has 0 spiro atoms. The lowest BCUT2D eigenvalue weighted by Gasteiger charge is -1.98. The Morgan fingerprint density at radius 3 is 2.93 bits per heavy atom. The van der Waals surface area contributed by atoms with Gasteiger partial charge in [-0.25, -0.2) is 4.79 Å². The van der Waals surface area contributed by atoms with Crippen molar-refractivity contribution in [1.29, 1.82) is 0 Å². The maximum Gasteiger partial charge on any atom is 0.352 e. The second kappa shape index (κ2) is 3.57. The number of nitrogens with zero attached hydrogens (tertiary/aromatic N) is 1. The highest BCUT2D eigenvalue weighted by atomic mass is 16.4. The van der Waals surface area contributed by atoms with Crippen molar-refractivity contribution in [3.63, 3.8) is 0 Å². The Labute approximate surface area is 86.6 Å². The van der Waals surface area contributed by atoms with Gasteiger partial charge in [-0.05, 0) is 19.1 Å². The van der Waals surface area contributed by atoms with Crippen LogP contribution in [0, 0.1) is 6.92 Å². The van der Waals surface area contributed by atoms with Gasteiger partial charge in [0.2, 0.25) is 0 Å². The molecule has 0 radical (unpaired) electrons. The summed E-state index contributed by atoms with van der Waals surface area (Å²) in [5.41, 5.74) is 2.51. The Hall–Kier alpha value is -2.10. The van der Waals surface area contributed by atoms with Gasteiger partial charge in [-0.15, -0.1) is 0 Å². The van der Waals surface area contributed by atoms with E-state index in [1.807, 2.05) is 13.0 Å². The third-order valence-electron chi connectivity index (χ3n) is 2.14. The molecule has 0 aliphatic rings. The van der Waals surface area contributed by atoms with E-state index < -0.39 is 5.97 Å². The van der Waals surface area contributed by atoms with Gasteiger partial charge in [0, 0.05) is 29.2 Å². The summed E-state index contributed by atoms with van der Waals surface area (Å²) in [4.78, 5) is 17.7. The number of aromatic amines is 1. The molecule has 0 amide bonds. The highest BCUT2D eigenvalue weighted by molar-refractivity contribution is 5.94. The van der Waals surface area contributed by atoms with Crippen molar-refractivity contribution in [1.82, 2.24) is 9.97 Å². The molecular weight excluding hydrogens is 192 g/mol. The number of hydrogen-bond acceptors (Lipinski definition) is 2. The SMILES string of the molecule is Cc1cc(-c2cccnc2)c(C(=O)O)[nH]1. The molecule has 2 N–H and O–H groups in total. The van der Waals surface area contributed by atoms with Crippen LogP contribution in [0.2, 0.25) is 0 Å². The van der Waals surface area contributed by atoms with Crippen molar-refractivity contribution < 1.29 is 9.90 Å². The quantitative estimate of drug-likeness (QED) is 0.783. The number of carboxylic acids is 1. The molecule has 0 bridgehead atoms. The molecule has 2 rings (SSSR count). The fourth-order valence-corrected chi connectivity index (χ4v) is 1.51. The smallest absolute Gasteiger partial charge is 0.352 e. The van der Waals surface area contributed by atoms with E-state index in [0.717, 1.165) is 11.3 Å². The molecule has 4 nitrogen and oxygen atoms in total. The van der Waals surface area contributed by atoms with Crippen LogP contribution in [0.25, 0.3) is 11.1 Å². The zero-order valence-corrected chi connectivity index (χ0v) is 8.19. The van der Waals surface area contributed by atoms with Gasteiger partial charge in [-0.3, -0.25) is 4.98 Å². The van der Waals surface area contributed by atoms with Crippen LogP contribution in [0.5, 0.6) is 0 Å². The van der Waals surface area contributed by atoms with E-state index in [-0.39, 0.29) is 5.69 Å². The van der Waals surface area contributed by atoms with Crippen molar-refractivity contribution in [2.75, 3.05) is 0 Å². The van der Waals surface area contributed by atoms with Crippen LogP contribution in [0.4, 0.5) is 0 Å². The molecule has 0 aromatic carbocycles. The summed E-state index contributed by atoms with van der Waals surface area (Å²) < 4.78 is 0. The number of carboxylic acid groups (broad SMARTS) is 1. The number of hydrogen-bond donors (Lipinski definition) is 2. The highest BCUT2D eigenvalue weighted by Crippen LogP contribution is 2.23. The molecule has 0 aliphatic carbocycles. The Morgan fingerprint density at radius 2 is 2.33 bits per heavy atom. The molecule has 0 saturated carbocycles. The summed E-state index contributed by atoms with van der Waals surface area (Å²) in [6.07, 6.45) is 3.30. The highest BCUT2D eigenvalue weighted by Gasteiger charge is 2.14. The summed E-state index contributed by atoms with van der Waals surface area (Å²) in [6.45, 7) is 1.83. The number of H-pyrrole nitrogens is 1. The molecule has 0 atom stereocenters. The van der Waals surface area contributed by atoms with Crippen molar-refractivity contribution >= 4 is 5.97 Å². The lowest BCUT2D eigenvalue weighted by atomic mass is 10.1. The number of aromatic carboxylic acids is 1. The Balaban J connectivity index is 2.58. The van der Waals surface area contributed by atoms with Crippen LogP contribution in [0.1, 0.15) is 16.2 Å². The van der Waals surface area contributed by atoms with Gasteiger partial charge in [0.15, 0.2) is 0 Å². The summed E-state index contributed by atoms with van der Waals surface area (Å²) in [7, 11) is 0. The Morgan fingerprint density at radius 1 is 1.53 bits per heavy atom. The summed E-state index contributed by atoms with van der Waals surface area (Å²) in [5, 5.41) is 8.99. The summed E-state index contributed by atoms with van der Waals surface area (Å²) in [5.74, 6) is -0.957. The number of nitrogens with one attached hydrogen (secondary N) is 1. The molecule has 76 valence electrons. The first-order valence-corrected chi connectivity index (χ1v) is 4.52. The van der Waals surface area contributed by atoms with Gasteiger partial charge in [0.1, 0.15) is 5.69 Å². The van der Waals surface area contributed by atoms with E-state index in [1.165, 1.54) is 0 Å². The zero-order valence-electron chi connectivity index (χ0n) is 8.19. The van der Waals surface area contributed by atoms with Gasteiger partial charge in [0.25, 0.3) is 0 Å². The fraction of sp³-hybridized carbons (Fsp3) is 0.0909. The van der Waals surface area contributed by atoms with Gasteiger partial charge in [-0.1, -0.05) is 6.07 Å². The van der Waals surface area contributed by atoms with E-state index in [2.05, 4.69) is 9.97 Å². The monoisotopic (exact) mass is 202 g/mol. The van der Waals surface area contributed by atoms with Gasteiger partial charge >= 0.3 is 5.97 Å². The molecule has 2 aromatic heterocycles. The molecule has 0 saturated heterocycles. The maximum atomic E-state index is 11.0. The molecule has 0 aliphatic heterocycles. The van der Waals surface area contributed by atoms with Crippen LogP contribution in [-0.4, -0.2) is 21.0 Å². The average molecular weight is 202 g/mol. The third-order valence-corrected chi connectivity index (χ3v) is 2.14. The predicted octanol–water partition coefficient (Wildman–Crippen LogP) is 2.08. The average Bonchev–Trinajstić information content (AvgIpc) is 2.62. The minimum Gasteiger partial charge on any atom is -0.477 e. The molecule has 0 fully saturated rings. The van der Waals surface area contributed by atoms with Crippen LogP contribution in [0.15, 0.2) is 30.6 Å². The Bertz CT molecular complexity index is 489. The first kappa shape index (κ1) is 9.45. The summed E-state index contributed by atoms with van der Waals surface area (Å²) >= 11 is 0. The van der Waals surface area contributed by atoms with E-state index in [4.69, 9.17) is 5.11 Å². The van der Waals surface area contributed by atoms with Crippen LogP contribution in [-0.2, 0) is 0 Å². The number of carbonyl (C=O) groups is 1. The lowest BCUT2D eigenvalue weighted by molar-refractivity contribution is 0.0692. The predicted molar refractivity (Wildman–Crippen MR) is 55.7 cm³/mol. The van der Waals surface area contributed by atoms with Crippen LogP contribution >= 0.6 is 0 Å². The third kappa shape index (κ3) is 1.74. The largest absolute Gasteiger partial charge is 0.477 e. The zero-order chi connectivity index (χ0) is 10.8. The van der Waals surface area contributed by atoms with Crippen molar-refractivity contribution in [3.8, 4) is 11.1 Å². The van der Waals surface area contributed by atoms with Crippen molar-refractivity contribution in [2.45, 2.75) is 6.92 Å². The van der Waals surface area contributed by atoms with Crippen molar-refractivity contribution in [2.24, 2.45) is 0 Å². The number of aromatic nitrogens is 2. The topological polar surface area (TPSA) is 66.0 Å². The van der Waals surface area contributed by atoms with E-state index in [9.17, 15) is 4.79 Å².